The molecule has 4 rings (SSSR count). The Morgan fingerprint density at radius 2 is 1.90 bits per heavy atom. The summed E-state index contributed by atoms with van der Waals surface area (Å²) in [5.41, 5.74) is 8.02. The van der Waals surface area contributed by atoms with Crippen LogP contribution in [0.5, 0.6) is 5.75 Å². The highest BCUT2D eigenvalue weighted by atomic mass is 19.1. The topological polar surface area (TPSA) is 84.7 Å². The second-order valence-electron chi connectivity index (χ2n) is 7.55. The number of nitrogens with two attached hydrogens (primary N) is 1. The van der Waals surface area contributed by atoms with E-state index in [1.165, 1.54) is 31.0 Å². The first-order chi connectivity index (χ1) is 14.0. The van der Waals surface area contributed by atoms with Gasteiger partial charge in [0, 0.05) is 31.3 Å². The zero-order chi connectivity index (χ0) is 20.4. The first kappa shape index (κ1) is 19.1. The van der Waals surface area contributed by atoms with E-state index in [4.69, 9.17) is 10.5 Å². The molecule has 0 aromatic heterocycles. The van der Waals surface area contributed by atoms with Crippen LogP contribution in [0.2, 0.25) is 0 Å². The van der Waals surface area contributed by atoms with E-state index < -0.39 is 17.8 Å². The molecule has 1 saturated carbocycles. The van der Waals surface area contributed by atoms with E-state index in [-0.39, 0.29) is 11.4 Å². The zero-order valence-electron chi connectivity index (χ0n) is 15.9. The van der Waals surface area contributed by atoms with Crippen molar-refractivity contribution in [3.63, 3.8) is 0 Å². The predicted octanol–water partition coefficient (Wildman–Crippen LogP) is 3.64. The van der Waals surface area contributed by atoms with Gasteiger partial charge >= 0.3 is 6.09 Å². The average Bonchev–Trinajstić information content (AvgIpc) is 3.46. The molecule has 2 fully saturated rings. The lowest BCUT2D eigenvalue weighted by molar-refractivity contribution is 0.102. The normalized spacial score (nSPS) is 16.1. The molecule has 150 valence electrons. The quantitative estimate of drug-likeness (QED) is 0.782. The Balaban J connectivity index is 1.38. The van der Waals surface area contributed by atoms with E-state index in [9.17, 15) is 14.0 Å². The molecule has 7 heteroatoms. The van der Waals surface area contributed by atoms with Gasteiger partial charge in [0.15, 0.2) is 5.75 Å². The summed E-state index contributed by atoms with van der Waals surface area (Å²) >= 11 is 0. The number of carbonyl (C=O) groups is 2. The molecular weight excluding hydrogens is 373 g/mol. The molecule has 0 radical (unpaired) electrons. The van der Waals surface area contributed by atoms with Crippen molar-refractivity contribution in [2.75, 3.05) is 25.0 Å². The van der Waals surface area contributed by atoms with Gasteiger partial charge in [-0.2, -0.15) is 0 Å². The van der Waals surface area contributed by atoms with Crippen molar-refractivity contribution in [2.24, 2.45) is 11.7 Å². The molecular formula is C22H22FN3O3. The number of carbonyl (C=O) groups excluding carboxylic acids is 2. The summed E-state index contributed by atoms with van der Waals surface area (Å²) in [5.74, 6) is -0.245. The van der Waals surface area contributed by atoms with Crippen molar-refractivity contribution in [2.45, 2.75) is 12.8 Å². The highest BCUT2D eigenvalue weighted by molar-refractivity contribution is 6.05. The molecule has 29 heavy (non-hydrogen) atoms. The van der Waals surface area contributed by atoms with Crippen molar-refractivity contribution >= 4 is 23.8 Å². The van der Waals surface area contributed by atoms with E-state index >= 15 is 0 Å². The second kappa shape index (κ2) is 8.05. The first-order valence-electron chi connectivity index (χ1n) is 9.56. The molecule has 1 aliphatic carbocycles. The van der Waals surface area contributed by atoms with Crippen LogP contribution in [0.25, 0.3) is 6.08 Å². The summed E-state index contributed by atoms with van der Waals surface area (Å²) in [5, 5.41) is 2.61. The van der Waals surface area contributed by atoms with Gasteiger partial charge in [-0.05, 0) is 54.2 Å². The van der Waals surface area contributed by atoms with Gasteiger partial charge in [-0.1, -0.05) is 18.2 Å². The van der Waals surface area contributed by atoms with Gasteiger partial charge in [0.2, 0.25) is 0 Å². The van der Waals surface area contributed by atoms with Crippen molar-refractivity contribution in [1.82, 2.24) is 4.90 Å². The van der Waals surface area contributed by atoms with Gasteiger partial charge in [-0.25, -0.2) is 9.18 Å². The number of likely N-dealkylation sites (tertiary alicyclic amines) is 1. The number of ether oxygens (including phenoxy) is 1. The lowest BCUT2D eigenvalue weighted by Gasteiger charge is -2.34. The van der Waals surface area contributed by atoms with Gasteiger partial charge in [-0.3, -0.25) is 9.69 Å². The fraction of sp³-hybridized carbons (Fsp3) is 0.273. The Morgan fingerprint density at radius 1 is 1.17 bits per heavy atom. The summed E-state index contributed by atoms with van der Waals surface area (Å²) < 4.78 is 18.1. The van der Waals surface area contributed by atoms with Crippen LogP contribution < -0.4 is 15.8 Å². The molecule has 1 heterocycles. The molecule has 2 aliphatic rings. The maximum atomic E-state index is 13.4. The lowest BCUT2D eigenvalue weighted by Crippen LogP contribution is -2.41. The van der Waals surface area contributed by atoms with Crippen LogP contribution in [-0.4, -0.2) is 36.5 Å². The van der Waals surface area contributed by atoms with Crippen LogP contribution in [-0.2, 0) is 0 Å². The molecule has 0 atom stereocenters. The maximum absolute atomic E-state index is 13.4. The molecule has 2 amide bonds. The van der Waals surface area contributed by atoms with Gasteiger partial charge in [0.25, 0.3) is 5.91 Å². The van der Waals surface area contributed by atoms with E-state index in [0.29, 0.717) is 5.56 Å². The average molecular weight is 395 g/mol. The number of primary amides is 1. The minimum absolute atomic E-state index is 0.145. The molecule has 2 aromatic rings. The SMILES string of the molecule is NC(=O)Oc1cc(F)ccc1NC(=O)c1ccc(C=C2CN(CC3CC3)C2)cc1. The minimum Gasteiger partial charge on any atom is -0.408 e. The van der Waals surface area contributed by atoms with Crippen LogP contribution in [0.15, 0.2) is 48.0 Å². The van der Waals surface area contributed by atoms with Gasteiger partial charge < -0.3 is 15.8 Å². The van der Waals surface area contributed by atoms with Crippen LogP contribution >= 0.6 is 0 Å². The van der Waals surface area contributed by atoms with Gasteiger partial charge in [0.05, 0.1) is 5.69 Å². The zero-order valence-corrected chi connectivity index (χ0v) is 15.9. The van der Waals surface area contributed by atoms with Crippen LogP contribution in [0, 0.1) is 11.7 Å². The molecule has 1 aliphatic heterocycles. The summed E-state index contributed by atoms with van der Waals surface area (Å²) in [7, 11) is 0. The van der Waals surface area contributed by atoms with Crippen LogP contribution in [0.1, 0.15) is 28.8 Å². The Morgan fingerprint density at radius 3 is 2.55 bits per heavy atom. The van der Waals surface area contributed by atoms with Crippen molar-refractivity contribution in [3.05, 3.63) is 65.0 Å². The molecule has 0 unspecified atom stereocenters. The number of nitrogens with zero attached hydrogens (tertiary/aromatic N) is 1. The number of halogens is 1. The number of anilines is 1. The van der Waals surface area contributed by atoms with Gasteiger partial charge in [0.1, 0.15) is 5.82 Å². The molecule has 0 spiro atoms. The minimum atomic E-state index is -1.09. The fourth-order valence-electron chi connectivity index (χ4n) is 3.37. The first-order valence-corrected chi connectivity index (χ1v) is 9.56. The van der Waals surface area contributed by atoms with E-state index in [1.54, 1.807) is 12.1 Å². The molecule has 3 N–H and O–H groups in total. The van der Waals surface area contributed by atoms with E-state index in [0.717, 1.165) is 36.7 Å². The predicted molar refractivity (Wildman–Crippen MR) is 108 cm³/mol. The van der Waals surface area contributed by atoms with Crippen molar-refractivity contribution in [1.29, 1.82) is 0 Å². The summed E-state index contributed by atoms with van der Waals surface area (Å²) in [4.78, 5) is 25.9. The Labute approximate surface area is 168 Å². The van der Waals surface area contributed by atoms with Crippen molar-refractivity contribution < 1.29 is 18.7 Å². The lowest BCUT2D eigenvalue weighted by atomic mass is 10.0. The number of benzene rings is 2. The van der Waals surface area contributed by atoms with Crippen molar-refractivity contribution in [3.8, 4) is 5.75 Å². The Bertz CT molecular complexity index is 960. The largest absolute Gasteiger partial charge is 0.410 e. The molecule has 1 saturated heterocycles. The van der Waals surface area contributed by atoms with E-state index in [2.05, 4.69) is 16.3 Å². The number of nitrogens with one attached hydrogen (secondary N) is 1. The third-order valence-corrected chi connectivity index (χ3v) is 5.01. The molecule has 0 bridgehead atoms. The standard InChI is InChI=1S/C22H22FN3O3/c23-18-7-8-19(20(10-18)29-22(24)28)25-21(27)17-5-3-14(4-6-17)9-16-12-26(13-16)11-15-1-2-15/h3-10,15H,1-2,11-13H2,(H2,24,28)(H,25,27). The molecule has 2 aromatic carbocycles. The summed E-state index contributed by atoms with van der Waals surface area (Å²) in [6, 6.07) is 10.7. The molecule has 6 nitrogen and oxygen atoms in total. The van der Waals surface area contributed by atoms with E-state index in [1.807, 2.05) is 12.1 Å². The number of hydrogen-bond donors (Lipinski definition) is 2. The number of hydrogen-bond acceptors (Lipinski definition) is 4. The number of amides is 2. The van der Waals surface area contributed by atoms with Crippen LogP contribution in [0.4, 0.5) is 14.9 Å². The highest BCUT2D eigenvalue weighted by Gasteiger charge is 2.28. The smallest absolute Gasteiger partial charge is 0.408 e. The Hall–Kier alpha value is -3.19. The van der Waals surface area contributed by atoms with Crippen LogP contribution in [0.3, 0.4) is 0 Å². The highest BCUT2D eigenvalue weighted by Crippen LogP contribution is 2.32. The monoisotopic (exact) mass is 395 g/mol. The fourth-order valence-corrected chi connectivity index (χ4v) is 3.37. The third-order valence-electron chi connectivity index (χ3n) is 5.01. The number of rotatable bonds is 6. The summed E-state index contributed by atoms with van der Waals surface area (Å²) in [6.07, 6.45) is 3.81. The summed E-state index contributed by atoms with van der Waals surface area (Å²) in [6.45, 7) is 3.25. The second-order valence-corrected chi connectivity index (χ2v) is 7.55. The van der Waals surface area contributed by atoms with Gasteiger partial charge in [-0.15, -0.1) is 0 Å². The maximum Gasteiger partial charge on any atom is 0.410 e. The third kappa shape index (κ3) is 5.00. The Kier molecular flexibility index (Phi) is 5.31.